The molecule has 0 amide bonds. The number of nitrogens with zero attached hydrogens (tertiary/aromatic N) is 2. The van der Waals surface area contributed by atoms with E-state index in [0.29, 0.717) is 0 Å². The van der Waals surface area contributed by atoms with E-state index in [1.54, 1.807) is 0 Å². The van der Waals surface area contributed by atoms with E-state index in [4.69, 9.17) is 0 Å². The fourth-order valence-electron chi connectivity index (χ4n) is 1.02. The largest absolute Gasteiger partial charge is 0.304 e. The molecule has 4 heteroatoms. The van der Waals surface area contributed by atoms with Crippen molar-refractivity contribution in [1.29, 1.82) is 0 Å². The zero-order valence-corrected chi connectivity index (χ0v) is 8.97. The molecule has 1 aromatic carbocycles. The maximum Gasteiger partial charge on any atom is 0.175 e. The van der Waals surface area contributed by atoms with E-state index >= 15 is 0 Å². The molecule has 2 nitrogen and oxygen atoms in total. The fourth-order valence-corrected chi connectivity index (χ4v) is 1.81. The number of hydrogen-bond acceptors (Lipinski definition) is 1. The van der Waals surface area contributed by atoms with Crippen molar-refractivity contribution in [2.75, 3.05) is 0 Å². The summed E-state index contributed by atoms with van der Waals surface area (Å²) in [4.78, 5) is 4.34. The SMILES string of the molecule is Pn1c(I)nc2ccccc21. The lowest BCUT2D eigenvalue weighted by Gasteiger charge is -1.92. The summed E-state index contributed by atoms with van der Waals surface area (Å²) in [6, 6.07) is 8.08. The van der Waals surface area contributed by atoms with Crippen molar-refractivity contribution in [2.45, 2.75) is 0 Å². The third-order valence-electron chi connectivity index (χ3n) is 1.55. The first-order chi connectivity index (χ1) is 5.29. The smallest absolute Gasteiger partial charge is 0.175 e. The molecule has 0 aliphatic rings. The van der Waals surface area contributed by atoms with E-state index in [2.05, 4.69) is 43.0 Å². The van der Waals surface area contributed by atoms with Crippen LogP contribution in [-0.4, -0.2) is 9.32 Å². The summed E-state index contributed by atoms with van der Waals surface area (Å²) >= 11 is 2.21. The second-order valence-corrected chi connectivity index (χ2v) is 3.72. The monoisotopic (exact) mass is 276 g/mol. The van der Waals surface area contributed by atoms with Gasteiger partial charge in [0.1, 0.15) is 0 Å². The normalized spacial score (nSPS) is 10.7. The first-order valence-electron chi connectivity index (χ1n) is 3.17. The molecule has 0 N–H and O–H groups in total. The van der Waals surface area contributed by atoms with Crippen LogP contribution in [0.5, 0.6) is 0 Å². The third-order valence-corrected chi connectivity index (χ3v) is 3.36. The van der Waals surface area contributed by atoms with Gasteiger partial charge in [-0.05, 0) is 21.5 Å². The minimum Gasteiger partial charge on any atom is -0.304 e. The molecule has 1 heterocycles. The van der Waals surface area contributed by atoms with Gasteiger partial charge in [-0.1, -0.05) is 12.1 Å². The van der Waals surface area contributed by atoms with Gasteiger partial charge in [0.2, 0.25) is 0 Å². The zero-order chi connectivity index (χ0) is 7.84. The van der Waals surface area contributed by atoms with Crippen LogP contribution in [0.15, 0.2) is 24.3 Å². The number of fused-ring (bicyclic) bond motifs is 1. The van der Waals surface area contributed by atoms with E-state index in [1.165, 1.54) is 0 Å². The first kappa shape index (κ1) is 7.50. The van der Waals surface area contributed by atoms with Crippen molar-refractivity contribution in [1.82, 2.24) is 9.32 Å². The summed E-state index contributed by atoms with van der Waals surface area (Å²) in [5.74, 6) is 0. The second-order valence-electron chi connectivity index (χ2n) is 2.24. The Labute approximate surface area is 80.4 Å². The van der Waals surface area contributed by atoms with Gasteiger partial charge in [0.05, 0.1) is 11.0 Å². The van der Waals surface area contributed by atoms with Crippen molar-refractivity contribution in [3.05, 3.63) is 28.1 Å². The maximum atomic E-state index is 4.34. The van der Waals surface area contributed by atoms with Crippen molar-refractivity contribution in [3.8, 4) is 0 Å². The van der Waals surface area contributed by atoms with Gasteiger partial charge in [-0.2, -0.15) is 0 Å². The van der Waals surface area contributed by atoms with Crippen molar-refractivity contribution >= 4 is 43.0 Å². The van der Waals surface area contributed by atoms with E-state index in [1.807, 2.05) is 22.5 Å². The number of rotatable bonds is 0. The average molecular weight is 276 g/mol. The number of benzene rings is 1. The maximum absolute atomic E-state index is 4.34. The standard InChI is InChI=1S/C7H6IN2P/c8-7-9-5-3-1-2-4-6(5)10(7)11/h1-4H,11H2. The molecule has 2 rings (SSSR count). The van der Waals surface area contributed by atoms with Crippen LogP contribution in [0.3, 0.4) is 0 Å². The van der Waals surface area contributed by atoms with E-state index in [-0.39, 0.29) is 0 Å². The number of aromatic nitrogens is 2. The summed E-state index contributed by atoms with van der Waals surface area (Å²) in [5.41, 5.74) is 2.20. The number of hydrogen-bond donors (Lipinski definition) is 0. The van der Waals surface area contributed by atoms with Crippen molar-refractivity contribution in [3.63, 3.8) is 0 Å². The fraction of sp³-hybridized carbons (Fsp3) is 0. The van der Waals surface area contributed by atoms with Crippen LogP contribution in [0.4, 0.5) is 0 Å². The minimum absolute atomic E-state index is 0.994. The lowest BCUT2D eigenvalue weighted by Crippen LogP contribution is -1.79. The predicted octanol–water partition coefficient (Wildman–Crippen LogP) is 2.28. The molecule has 56 valence electrons. The Morgan fingerprint density at radius 3 is 2.82 bits per heavy atom. The highest BCUT2D eigenvalue weighted by Crippen LogP contribution is 2.18. The van der Waals surface area contributed by atoms with Crippen LogP contribution in [0.1, 0.15) is 0 Å². The Hall–Kier alpha value is -0.150. The van der Waals surface area contributed by atoms with Crippen LogP contribution >= 0.6 is 32.0 Å². The molecule has 0 aliphatic heterocycles. The van der Waals surface area contributed by atoms with Crippen molar-refractivity contribution < 1.29 is 0 Å². The molecule has 11 heavy (non-hydrogen) atoms. The molecule has 2 aromatic rings. The van der Waals surface area contributed by atoms with Gasteiger partial charge in [-0.3, -0.25) is 0 Å². The Morgan fingerprint density at radius 1 is 1.36 bits per heavy atom. The van der Waals surface area contributed by atoms with E-state index in [0.717, 1.165) is 14.9 Å². The van der Waals surface area contributed by atoms with Gasteiger partial charge >= 0.3 is 0 Å². The highest BCUT2D eigenvalue weighted by Gasteiger charge is 2.01. The van der Waals surface area contributed by atoms with Crippen LogP contribution in [-0.2, 0) is 0 Å². The molecule has 0 bridgehead atoms. The quantitative estimate of drug-likeness (QED) is 0.533. The summed E-state index contributed by atoms with van der Waals surface area (Å²) in [7, 11) is 2.63. The van der Waals surface area contributed by atoms with Gasteiger partial charge in [-0.15, -0.1) is 0 Å². The molecule has 1 unspecified atom stereocenters. The lowest BCUT2D eigenvalue weighted by atomic mass is 10.3. The highest BCUT2D eigenvalue weighted by molar-refractivity contribution is 14.1. The second kappa shape index (κ2) is 2.72. The topological polar surface area (TPSA) is 17.8 Å². The Balaban J connectivity index is 2.92. The van der Waals surface area contributed by atoms with Crippen LogP contribution in [0, 0.1) is 3.83 Å². The van der Waals surface area contributed by atoms with Crippen LogP contribution in [0.25, 0.3) is 11.0 Å². The summed E-state index contributed by atoms with van der Waals surface area (Å²) in [6.45, 7) is 0. The molecule has 0 saturated heterocycles. The van der Waals surface area contributed by atoms with Gasteiger partial charge in [0.15, 0.2) is 3.83 Å². The Morgan fingerprint density at radius 2 is 2.09 bits per heavy atom. The van der Waals surface area contributed by atoms with Gasteiger partial charge in [0, 0.05) is 22.6 Å². The predicted molar refractivity (Wildman–Crippen MR) is 57.6 cm³/mol. The molecule has 1 atom stereocenters. The number of imidazole rings is 1. The Bertz CT molecular complexity index is 396. The first-order valence-corrected chi connectivity index (χ1v) is 4.76. The molecule has 0 fully saturated rings. The van der Waals surface area contributed by atoms with Gasteiger partial charge in [0.25, 0.3) is 0 Å². The number of halogens is 1. The molecular formula is C7H6IN2P. The van der Waals surface area contributed by atoms with Crippen LogP contribution < -0.4 is 0 Å². The summed E-state index contributed by atoms with van der Waals surface area (Å²) < 4.78 is 2.99. The van der Waals surface area contributed by atoms with Crippen molar-refractivity contribution in [2.24, 2.45) is 0 Å². The molecule has 1 aromatic heterocycles. The minimum atomic E-state index is 0.994. The number of para-hydroxylation sites is 2. The lowest BCUT2D eigenvalue weighted by molar-refractivity contribution is 1.19. The van der Waals surface area contributed by atoms with Gasteiger partial charge in [-0.25, -0.2) is 4.98 Å². The summed E-state index contributed by atoms with van der Waals surface area (Å²) in [5, 5.41) is 0. The van der Waals surface area contributed by atoms with E-state index < -0.39 is 0 Å². The summed E-state index contributed by atoms with van der Waals surface area (Å²) in [6.07, 6.45) is 0. The van der Waals surface area contributed by atoms with Gasteiger partial charge < -0.3 is 4.34 Å². The molecule has 0 saturated carbocycles. The molecule has 0 radical (unpaired) electrons. The molecule has 0 spiro atoms. The molecule has 0 aliphatic carbocycles. The third kappa shape index (κ3) is 1.16. The highest BCUT2D eigenvalue weighted by atomic mass is 127. The zero-order valence-electron chi connectivity index (χ0n) is 5.66. The average Bonchev–Trinajstić information content (AvgIpc) is 2.30. The van der Waals surface area contributed by atoms with Crippen LogP contribution in [0.2, 0.25) is 0 Å². The van der Waals surface area contributed by atoms with E-state index in [9.17, 15) is 0 Å². The molecular weight excluding hydrogens is 270 g/mol. The Kier molecular flexibility index (Phi) is 1.85.